The molecule has 2 aliphatic heterocycles. The second-order valence-electron chi connectivity index (χ2n) is 11.4. The fourth-order valence-electron chi connectivity index (χ4n) is 7.21. The molecule has 2 N–H and O–H groups in total. The molecule has 3 aliphatic rings. The first-order valence-electron chi connectivity index (χ1n) is 14.7. The van der Waals surface area contributed by atoms with E-state index in [9.17, 15) is 4.79 Å². The zero-order valence-corrected chi connectivity index (χ0v) is 24.4. The van der Waals surface area contributed by atoms with Crippen LogP contribution in [0.25, 0.3) is 11.2 Å². The van der Waals surface area contributed by atoms with Crippen molar-refractivity contribution in [3.8, 4) is 11.5 Å². The van der Waals surface area contributed by atoms with Crippen LogP contribution in [0.1, 0.15) is 43.2 Å². The molecule has 4 heterocycles. The van der Waals surface area contributed by atoms with E-state index in [0.717, 1.165) is 68.9 Å². The van der Waals surface area contributed by atoms with E-state index in [2.05, 4.69) is 42.2 Å². The molecule has 0 unspecified atom stereocenters. The largest absolute Gasteiger partial charge is 0.493 e. The molecule has 0 radical (unpaired) electrons. The summed E-state index contributed by atoms with van der Waals surface area (Å²) in [4.78, 5) is 29.4. The number of ether oxygens (including phenoxy) is 2. The molecule has 0 atom stereocenters. The van der Waals surface area contributed by atoms with Crippen LogP contribution in [0.5, 0.6) is 11.5 Å². The molecular formula is C29H41N9O3. The summed E-state index contributed by atoms with van der Waals surface area (Å²) in [6, 6.07) is 4.34. The highest BCUT2D eigenvalue weighted by atomic mass is 16.5. The lowest BCUT2D eigenvalue weighted by Crippen LogP contribution is -2.55. The van der Waals surface area contributed by atoms with E-state index in [1.54, 1.807) is 25.2 Å². The Morgan fingerprint density at radius 1 is 1.05 bits per heavy atom. The van der Waals surface area contributed by atoms with Gasteiger partial charge in [0, 0.05) is 57.8 Å². The molecule has 1 aromatic carbocycles. The normalized spacial score (nSPS) is 23.2. The summed E-state index contributed by atoms with van der Waals surface area (Å²) in [5.41, 5.74) is 9.90. The molecule has 12 nitrogen and oxygen atoms in total. The summed E-state index contributed by atoms with van der Waals surface area (Å²) in [6.45, 7) is 5.41. The predicted molar refractivity (Wildman–Crippen MR) is 155 cm³/mol. The number of amides is 1. The lowest BCUT2D eigenvalue weighted by molar-refractivity contribution is -0.138. The van der Waals surface area contributed by atoms with Crippen LogP contribution in [-0.2, 0) is 23.8 Å². The maximum Gasteiger partial charge on any atom is 0.225 e. The van der Waals surface area contributed by atoms with Crippen molar-refractivity contribution in [2.45, 2.75) is 44.1 Å². The molecule has 1 spiro atoms. The first kappa shape index (κ1) is 27.6. The van der Waals surface area contributed by atoms with Crippen molar-refractivity contribution in [3.63, 3.8) is 0 Å². The van der Waals surface area contributed by atoms with Crippen LogP contribution < -0.4 is 20.1 Å². The molecule has 6 rings (SSSR count). The van der Waals surface area contributed by atoms with Gasteiger partial charge in [-0.15, -0.1) is 5.10 Å². The summed E-state index contributed by atoms with van der Waals surface area (Å²) >= 11 is 0. The SMILES string of the molecule is COc1cc2c(cc1OC)[C@]1(CC[C@H](C(=O)N3CCN(c4ncnc5c4nnn5C)CC3)CC1)N(CCCN)CC2. The third kappa shape index (κ3) is 4.86. The number of methoxy groups -OCH3 is 2. The number of nitrogens with two attached hydrogens (primary N) is 1. The Morgan fingerprint density at radius 2 is 1.78 bits per heavy atom. The number of hydrogen-bond acceptors (Lipinski definition) is 10. The van der Waals surface area contributed by atoms with Gasteiger partial charge < -0.3 is 25.0 Å². The molecule has 1 saturated heterocycles. The monoisotopic (exact) mass is 563 g/mol. The average Bonchev–Trinajstić information content (AvgIpc) is 3.41. The van der Waals surface area contributed by atoms with Gasteiger partial charge in [-0.25, -0.2) is 14.6 Å². The van der Waals surface area contributed by atoms with Crippen LogP contribution in [0.3, 0.4) is 0 Å². The van der Waals surface area contributed by atoms with Crippen LogP contribution in [0.4, 0.5) is 5.82 Å². The van der Waals surface area contributed by atoms with Gasteiger partial charge in [0.15, 0.2) is 28.5 Å². The number of anilines is 1. The number of hydrogen-bond donors (Lipinski definition) is 1. The number of aromatic nitrogens is 5. The molecule has 2 fully saturated rings. The third-order valence-electron chi connectivity index (χ3n) is 9.42. The van der Waals surface area contributed by atoms with E-state index in [1.165, 1.54) is 11.1 Å². The minimum absolute atomic E-state index is 0.0415. The summed E-state index contributed by atoms with van der Waals surface area (Å²) in [7, 11) is 5.21. The van der Waals surface area contributed by atoms with Crippen molar-refractivity contribution in [2.75, 3.05) is 64.9 Å². The highest BCUT2D eigenvalue weighted by molar-refractivity contribution is 5.83. The van der Waals surface area contributed by atoms with E-state index in [1.807, 2.05) is 11.9 Å². The molecule has 1 aliphatic carbocycles. The van der Waals surface area contributed by atoms with Gasteiger partial charge in [0.2, 0.25) is 5.91 Å². The van der Waals surface area contributed by atoms with E-state index < -0.39 is 0 Å². The molecular weight excluding hydrogens is 522 g/mol. The number of carbonyl (C=O) groups is 1. The van der Waals surface area contributed by atoms with Crippen molar-refractivity contribution < 1.29 is 14.3 Å². The van der Waals surface area contributed by atoms with Crippen molar-refractivity contribution >= 4 is 22.9 Å². The number of piperazine rings is 1. The number of fused-ring (bicyclic) bond motifs is 3. The molecule has 1 saturated carbocycles. The fraction of sp³-hybridized carbons (Fsp3) is 0.621. The average molecular weight is 564 g/mol. The van der Waals surface area contributed by atoms with Gasteiger partial charge >= 0.3 is 0 Å². The van der Waals surface area contributed by atoms with Crippen molar-refractivity contribution in [1.29, 1.82) is 0 Å². The molecule has 220 valence electrons. The van der Waals surface area contributed by atoms with Crippen molar-refractivity contribution in [2.24, 2.45) is 18.7 Å². The van der Waals surface area contributed by atoms with Crippen molar-refractivity contribution in [1.82, 2.24) is 34.8 Å². The molecule has 1 amide bonds. The van der Waals surface area contributed by atoms with Gasteiger partial charge in [-0.05, 0) is 68.3 Å². The molecule has 2 aromatic heterocycles. The summed E-state index contributed by atoms with van der Waals surface area (Å²) in [5, 5.41) is 8.36. The summed E-state index contributed by atoms with van der Waals surface area (Å²) in [5.74, 6) is 2.66. The highest BCUT2D eigenvalue weighted by Crippen LogP contribution is 2.50. The quantitative estimate of drug-likeness (QED) is 0.454. The Hall–Kier alpha value is -3.51. The lowest BCUT2D eigenvalue weighted by Gasteiger charge is -2.52. The maximum atomic E-state index is 13.8. The van der Waals surface area contributed by atoms with Crippen LogP contribution in [0, 0.1) is 5.92 Å². The van der Waals surface area contributed by atoms with Crippen LogP contribution in [0.15, 0.2) is 18.5 Å². The summed E-state index contributed by atoms with van der Waals surface area (Å²) < 4.78 is 13.0. The molecule has 3 aromatic rings. The Bertz CT molecular complexity index is 1390. The van der Waals surface area contributed by atoms with Gasteiger partial charge in [0.25, 0.3) is 0 Å². The maximum absolute atomic E-state index is 13.8. The molecule has 12 heteroatoms. The zero-order valence-electron chi connectivity index (χ0n) is 24.4. The summed E-state index contributed by atoms with van der Waals surface area (Å²) in [6.07, 6.45) is 7.13. The van der Waals surface area contributed by atoms with E-state index in [0.29, 0.717) is 43.9 Å². The zero-order chi connectivity index (χ0) is 28.6. The van der Waals surface area contributed by atoms with Gasteiger partial charge in [0.1, 0.15) is 6.33 Å². The fourth-order valence-corrected chi connectivity index (χ4v) is 7.21. The number of benzene rings is 1. The standard InChI is InChI=1S/C29H41N9O3/c1-35-26-25(33-34-35)27(32-19-31-26)36-13-15-37(16-14-36)28(39)20-5-8-29(9-6-20)22-18-24(41-3)23(40-2)17-21(22)7-12-38(29)11-4-10-30/h17-20H,4-16,30H2,1-3H3/t20-,29+. The predicted octanol–water partition coefficient (Wildman–Crippen LogP) is 1.72. The van der Waals surface area contributed by atoms with Crippen LogP contribution >= 0.6 is 0 Å². The first-order chi connectivity index (χ1) is 20.0. The van der Waals surface area contributed by atoms with E-state index in [4.69, 9.17) is 15.2 Å². The number of carbonyl (C=O) groups excluding carboxylic acids is 1. The Balaban J connectivity index is 1.15. The van der Waals surface area contributed by atoms with Gasteiger partial charge in [-0.1, -0.05) is 5.21 Å². The minimum Gasteiger partial charge on any atom is -0.493 e. The Labute approximate surface area is 240 Å². The lowest BCUT2D eigenvalue weighted by atomic mass is 9.68. The number of nitrogens with zero attached hydrogens (tertiary/aromatic N) is 8. The second-order valence-corrected chi connectivity index (χ2v) is 11.4. The third-order valence-corrected chi connectivity index (χ3v) is 9.42. The molecule has 41 heavy (non-hydrogen) atoms. The van der Waals surface area contributed by atoms with Gasteiger partial charge in [-0.2, -0.15) is 0 Å². The smallest absolute Gasteiger partial charge is 0.225 e. The highest BCUT2D eigenvalue weighted by Gasteiger charge is 2.47. The minimum atomic E-state index is -0.104. The Morgan fingerprint density at radius 3 is 2.49 bits per heavy atom. The Kier molecular flexibility index (Phi) is 7.69. The van der Waals surface area contributed by atoms with E-state index >= 15 is 0 Å². The first-order valence-corrected chi connectivity index (χ1v) is 14.7. The number of aryl methyl sites for hydroxylation is 1. The second kappa shape index (κ2) is 11.4. The van der Waals surface area contributed by atoms with E-state index in [-0.39, 0.29) is 17.4 Å². The van der Waals surface area contributed by atoms with Crippen LogP contribution in [0.2, 0.25) is 0 Å². The van der Waals surface area contributed by atoms with Gasteiger partial charge in [-0.3, -0.25) is 9.69 Å². The number of rotatable bonds is 7. The van der Waals surface area contributed by atoms with Crippen LogP contribution in [-0.4, -0.2) is 101 Å². The van der Waals surface area contributed by atoms with Gasteiger partial charge in [0.05, 0.1) is 14.2 Å². The topological polar surface area (TPSA) is 128 Å². The van der Waals surface area contributed by atoms with Crippen molar-refractivity contribution in [3.05, 3.63) is 29.6 Å². The molecule has 0 bridgehead atoms.